The van der Waals surface area contributed by atoms with Crippen LogP contribution in [0.3, 0.4) is 0 Å². The van der Waals surface area contributed by atoms with Crippen molar-refractivity contribution in [2.24, 2.45) is 0 Å². The van der Waals surface area contributed by atoms with Gasteiger partial charge in [-0.05, 0) is 24.3 Å². The molecule has 32 heavy (non-hydrogen) atoms. The van der Waals surface area contributed by atoms with E-state index < -0.39 is 41.3 Å². The van der Waals surface area contributed by atoms with E-state index in [1.165, 1.54) is 29.6 Å². The molecular formula is C19H23N3O8S2. The minimum Gasteiger partial charge on any atom is -0.495 e. The van der Waals surface area contributed by atoms with Gasteiger partial charge in [-0.15, -0.1) is 0 Å². The standard InChI is InChI=1S/C19H23N3O8S2/c1-5-21(6-2)32(28,29)15-7-8-18(30-3)17(12-15)20-19(23)13-9-14(22(24)25)11-16(10-13)31(4,26)27/h7-12H,5-6H2,1-4H3,(H,20,23). The highest BCUT2D eigenvalue weighted by molar-refractivity contribution is 7.90. The average Bonchev–Trinajstić information content (AvgIpc) is 2.73. The normalized spacial score (nSPS) is 11.9. The van der Waals surface area contributed by atoms with Crippen LogP contribution in [-0.2, 0) is 19.9 Å². The lowest BCUT2D eigenvalue weighted by molar-refractivity contribution is -0.385. The minimum absolute atomic E-state index is 0.00172. The lowest BCUT2D eigenvalue weighted by Gasteiger charge is -2.19. The Labute approximate surface area is 186 Å². The highest BCUT2D eigenvalue weighted by atomic mass is 32.2. The summed E-state index contributed by atoms with van der Waals surface area (Å²) in [6, 6.07) is 6.68. The number of hydrogen-bond donors (Lipinski definition) is 1. The summed E-state index contributed by atoms with van der Waals surface area (Å²) in [6.07, 6.45) is 0.859. The molecule has 1 N–H and O–H groups in total. The van der Waals surface area contributed by atoms with Gasteiger partial charge in [-0.3, -0.25) is 14.9 Å². The summed E-state index contributed by atoms with van der Waals surface area (Å²) in [7, 11) is -6.35. The highest BCUT2D eigenvalue weighted by Gasteiger charge is 2.24. The Morgan fingerprint density at radius 1 is 1.06 bits per heavy atom. The lowest BCUT2D eigenvalue weighted by Crippen LogP contribution is -2.30. The van der Waals surface area contributed by atoms with Gasteiger partial charge in [-0.25, -0.2) is 16.8 Å². The number of nitro groups is 1. The van der Waals surface area contributed by atoms with E-state index in [1.807, 2.05) is 0 Å². The van der Waals surface area contributed by atoms with E-state index in [0.717, 1.165) is 24.5 Å². The second kappa shape index (κ2) is 9.63. The van der Waals surface area contributed by atoms with Crippen molar-refractivity contribution in [3.63, 3.8) is 0 Å². The van der Waals surface area contributed by atoms with Crippen molar-refractivity contribution in [2.45, 2.75) is 23.6 Å². The van der Waals surface area contributed by atoms with E-state index >= 15 is 0 Å². The Balaban J connectivity index is 2.54. The van der Waals surface area contributed by atoms with Gasteiger partial charge in [0.05, 0.1) is 27.5 Å². The van der Waals surface area contributed by atoms with E-state index in [1.54, 1.807) is 13.8 Å². The van der Waals surface area contributed by atoms with E-state index in [2.05, 4.69) is 5.32 Å². The molecule has 0 spiro atoms. The van der Waals surface area contributed by atoms with Crippen LogP contribution in [0.5, 0.6) is 5.75 Å². The third-order valence-electron chi connectivity index (χ3n) is 4.55. The van der Waals surface area contributed by atoms with Crippen molar-refractivity contribution in [3.8, 4) is 5.75 Å². The number of rotatable bonds is 9. The first-order valence-electron chi connectivity index (χ1n) is 9.34. The van der Waals surface area contributed by atoms with Crippen LogP contribution in [0.25, 0.3) is 0 Å². The Morgan fingerprint density at radius 2 is 1.69 bits per heavy atom. The van der Waals surface area contributed by atoms with Crippen molar-refractivity contribution >= 4 is 37.1 Å². The zero-order valence-corrected chi connectivity index (χ0v) is 19.5. The second-order valence-corrected chi connectivity index (χ2v) is 10.6. The Hall–Kier alpha value is -3.03. The van der Waals surface area contributed by atoms with Crippen LogP contribution in [-0.4, -0.2) is 58.4 Å². The maximum absolute atomic E-state index is 12.8. The van der Waals surface area contributed by atoms with Crippen molar-refractivity contribution in [1.82, 2.24) is 4.31 Å². The summed E-state index contributed by atoms with van der Waals surface area (Å²) in [5.74, 6) is -0.736. The van der Waals surface area contributed by atoms with Gasteiger partial charge in [0, 0.05) is 37.0 Å². The SMILES string of the molecule is CCN(CC)S(=O)(=O)c1ccc(OC)c(NC(=O)c2cc([N+](=O)[O-])cc(S(C)(=O)=O)c2)c1. The molecule has 0 fully saturated rings. The summed E-state index contributed by atoms with van der Waals surface area (Å²) < 4.78 is 55.8. The van der Waals surface area contributed by atoms with E-state index in [9.17, 15) is 31.7 Å². The molecule has 0 heterocycles. The molecule has 11 nitrogen and oxygen atoms in total. The van der Waals surface area contributed by atoms with Gasteiger partial charge in [0.15, 0.2) is 9.84 Å². The van der Waals surface area contributed by atoms with Gasteiger partial charge in [0.1, 0.15) is 5.75 Å². The number of non-ortho nitro benzene ring substituents is 1. The molecular weight excluding hydrogens is 462 g/mol. The van der Waals surface area contributed by atoms with Crippen molar-refractivity contribution in [2.75, 3.05) is 31.8 Å². The number of anilines is 1. The summed E-state index contributed by atoms with van der Waals surface area (Å²) in [5.41, 5.74) is -0.875. The zero-order valence-electron chi connectivity index (χ0n) is 17.9. The molecule has 0 radical (unpaired) electrons. The third kappa shape index (κ3) is 5.41. The molecule has 174 valence electrons. The molecule has 13 heteroatoms. The summed E-state index contributed by atoms with van der Waals surface area (Å²) in [5, 5.41) is 13.6. The number of carbonyl (C=O) groups excluding carboxylic acids is 1. The molecule has 0 saturated heterocycles. The number of amides is 1. The molecule has 0 aliphatic heterocycles. The predicted octanol–water partition coefficient (Wildman–Crippen LogP) is 2.29. The molecule has 0 aromatic heterocycles. The number of nitrogens with one attached hydrogen (secondary N) is 1. The average molecular weight is 486 g/mol. The molecule has 0 unspecified atom stereocenters. The second-order valence-electron chi connectivity index (χ2n) is 6.65. The molecule has 0 atom stereocenters. The van der Waals surface area contributed by atoms with E-state index in [4.69, 9.17) is 4.74 Å². The molecule has 0 saturated carbocycles. The van der Waals surface area contributed by atoms with Crippen LogP contribution < -0.4 is 10.1 Å². The lowest BCUT2D eigenvalue weighted by atomic mass is 10.2. The van der Waals surface area contributed by atoms with Crippen LogP contribution in [0.2, 0.25) is 0 Å². The molecule has 2 aromatic rings. The first-order chi connectivity index (χ1) is 14.8. The monoisotopic (exact) mass is 485 g/mol. The number of sulfonamides is 1. The first kappa shape index (κ1) is 25.2. The molecule has 2 rings (SSSR count). The quantitative estimate of drug-likeness (QED) is 0.419. The number of benzene rings is 2. The van der Waals surface area contributed by atoms with Gasteiger partial charge in [-0.2, -0.15) is 4.31 Å². The fraction of sp³-hybridized carbons (Fsp3) is 0.316. The van der Waals surface area contributed by atoms with Crippen molar-refractivity contribution in [1.29, 1.82) is 0 Å². The Morgan fingerprint density at radius 3 is 2.19 bits per heavy atom. The molecule has 1 amide bonds. The van der Waals surface area contributed by atoms with Gasteiger partial charge >= 0.3 is 0 Å². The topological polar surface area (TPSA) is 153 Å². The number of methoxy groups -OCH3 is 1. The number of hydrogen-bond acceptors (Lipinski definition) is 8. The zero-order chi connectivity index (χ0) is 24.3. The van der Waals surface area contributed by atoms with Gasteiger partial charge in [-0.1, -0.05) is 13.8 Å². The van der Waals surface area contributed by atoms with Crippen LogP contribution in [0.4, 0.5) is 11.4 Å². The molecule has 0 bridgehead atoms. The number of sulfone groups is 1. The van der Waals surface area contributed by atoms with E-state index in [0.29, 0.717) is 0 Å². The van der Waals surface area contributed by atoms with Crippen molar-refractivity contribution in [3.05, 3.63) is 52.1 Å². The molecule has 0 aliphatic rings. The summed E-state index contributed by atoms with van der Waals surface area (Å²) in [4.78, 5) is 22.7. The Bertz CT molecular complexity index is 1250. The number of nitrogens with zero attached hydrogens (tertiary/aromatic N) is 2. The smallest absolute Gasteiger partial charge is 0.271 e. The summed E-state index contributed by atoms with van der Waals surface area (Å²) in [6.45, 7) is 3.87. The van der Waals surface area contributed by atoms with Crippen molar-refractivity contribution < 1.29 is 31.3 Å². The van der Waals surface area contributed by atoms with Crippen LogP contribution in [0.15, 0.2) is 46.2 Å². The summed E-state index contributed by atoms with van der Waals surface area (Å²) >= 11 is 0. The fourth-order valence-electron chi connectivity index (χ4n) is 2.89. The highest BCUT2D eigenvalue weighted by Crippen LogP contribution is 2.30. The molecule has 2 aromatic carbocycles. The first-order valence-corrected chi connectivity index (χ1v) is 12.7. The Kier molecular flexibility index (Phi) is 7.59. The van der Waals surface area contributed by atoms with Crippen LogP contribution in [0, 0.1) is 10.1 Å². The van der Waals surface area contributed by atoms with E-state index in [-0.39, 0.29) is 35.0 Å². The van der Waals surface area contributed by atoms with Gasteiger partial charge in [0.25, 0.3) is 11.6 Å². The van der Waals surface area contributed by atoms with Crippen LogP contribution >= 0.6 is 0 Å². The van der Waals surface area contributed by atoms with Crippen LogP contribution in [0.1, 0.15) is 24.2 Å². The largest absolute Gasteiger partial charge is 0.495 e. The number of ether oxygens (including phenoxy) is 1. The predicted molar refractivity (Wildman–Crippen MR) is 117 cm³/mol. The minimum atomic E-state index is -3.84. The number of carbonyl (C=O) groups is 1. The maximum Gasteiger partial charge on any atom is 0.271 e. The maximum atomic E-state index is 12.8. The number of nitro benzene ring substituents is 1. The third-order valence-corrected chi connectivity index (χ3v) is 7.69. The van der Waals surface area contributed by atoms with Gasteiger partial charge in [0.2, 0.25) is 10.0 Å². The van der Waals surface area contributed by atoms with Gasteiger partial charge < -0.3 is 10.1 Å². The fourth-order valence-corrected chi connectivity index (χ4v) is 5.05. The molecule has 0 aliphatic carbocycles.